The summed E-state index contributed by atoms with van der Waals surface area (Å²) < 4.78 is 207. The van der Waals surface area contributed by atoms with Crippen molar-refractivity contribution < 1.29 is 77.3 Å². The first-order chi connectivity index (χ1) is 22.8. The minimum Gasteiger partial charge on any atom is -0.376 e. The molecule has 0 spiro atoms. The van der Waals surface area contributed by atoms with E-state index in [0.29, 0.717) is 36.4 Å². The van der Waals surface area contributed by atoms with Crippen molar-refractivity contribution in [2.45, 2.75) is 28.4 Å². The van der Waals surface area contributed by atoms with Crippen LogP contribution in [0.25, 0.3) is 0 Å². The van der Waals surface area contributed by atoms with Crippen LogP contribution in [0, 0.1) is 34.0 Å². The topological polar surface area (TPSA) is 201 Å². The van der Waals surface area contributed by atoms with Gasteiger partial charge in [-0.15, -0.1) is 0 Å². The van der Waals surface area contributed by atoms with E-state index < -0.39 is 126 Å². The normalized spacial score (nSPS) is 16.9. The predicted molar refractivity (Wildman–Crippen MR) is 142 cm³/mol. The van der Waals surface area contributed by atoms with Gasteiger partial charge < -0.3 is 12.5 Å². The first kappa shape index (κ1) is 36.0. The quantitative estimate of drug-likeness (QED) is 0.128. The molecule has 3 aliphatic carbocycles. The lowest BCUT2D eigenvalue weighted by Gasteiger charge is -2.44. The highest BCUT2D eigenvalue weighted by Crippen LogP contribution is 2.64. The molecule has 0 atom stereocenters. The van der Waals surface area contributed by atoms with Crippen LogP contribution in [0.4, 0.5) is 39.5 Å². The van der Waals surface area contributed by atoms with Crippen LogP contribution >= 0.6 is 0 Å². The zero-order chi connectivity index (χ0) is 37.6. The molecule has 3 aliphatic rings. The van der Waals surface area contributed by atoms with Crippen LogP contribution in [-0.2, 0) is 30.4 Å². The molecule has 12 nitrogen and oxygen atoms in total. The van der Waals surface area contributed by atoms with E-state index in [2.05, 4.69) is 12.5 Å². The molecule has 24 heteroatoms. The molecule has 0 amide bonds. The summed E-state index contributed by atoms with van der Waals surface area (Å²) >= 11 is 0. The molecule has 6 rings (SSSR count). The average Bonchev–Trinajstić information content (AvgIpc) is 2.99. The second-order valence-electron chi connectivity index (χ2n) is 9.97. The Morgan fingerprint density at radius 1 is 0.440 bits per heavy atom. The Morgan fingerprint density at radius 2 is 0.660 bits per heavy atom. The van der Waals surface area contributed by atoms with Crippen LogP contribution in [0.3, 0.4) is 0 Å². The fourth-order valence-electron chi connectivity index (χ4n) is 5.55. The van der Waals surface area contributed by atoms with Gasteiger partial charge in [-0.25, -0.2) is 0 Å². The number of halogens is 9. The summed E-state index contributed by atoms with van der Waals surface area (Å²) in [6, 6.07) is 8.04. The lowest BCUT2D eigenvalue weighted by Crippen LogP contribution is -2.35. The molecule has 0 saturated carbocycles. The molecular weight excluding hydrogens is 765 g/mol. The van der Waals surface area contributed by atoms with Crippen LogP contribution in [-0.4, -0.2) is 41.8 Å². The van der Waals surface area contributed by atoms with Gasteiger partial charge in [-0.05, 0) is 53.1 Å². The van der Waals surface area contributed by atoms with Gasteiger partial charge in [0.2, 0.25) is 0 Å². The van der Waals surface area contributed by atoms with E-state index >= 15 is 0 Å². The third-order valence-corrected chi connectivity index (χ3v) is 10.2. The van der Waals surface area contributed by atoms with E-state index in [0.717, 1.165) is 0 Å². The second-order valence-corrected chi connectivity index (χ2v) is 14.6. The molecule has 0 fully saturated rings. The number of benzene rings is 3. The van der Waals surface area contributed by atoms with Crippen molar-refractivity contribution in [1.29, 1.82) is 15.8 Å². The fourth-order valence-corrected chi connectivity index (χ4v) is 6.98. The molecule has 3 aromatic rings. The van der Waals surface area contributed by atoms with E-state index in [1.54, 1.807) is 12.1 Å². The van der Waals surface area contributed by atoms with Crippen molar-refractivity contribution in [3.8, 4) is 35.5 Å². The molecule has 0 N–H and O–H groups in total. The molecule has 0 saturated heterocycles. The van der Waals surface area contributed by atoms with Crippen molar-refractivity contribution in [3.05, 3.63) is 86.5 Å². The minimum absolute atomic E-state index is 0.475. The number of rotatable bonds is 6. The lowest BCUT2D eigenvalue weighted by atomic mass is 9.58. The standard InChI is InChI=1S/C26H8F9N3O9S3/c27-24(28,29)48(39,40)45-13-4-3-12(9-38)18-19(13)22-16-10(7-36)1-5-14(46-49(41,42)25(30,31)32)20(16)23(18)21-15(6-2-11(8-37)17(21)22)47-50(43,44)26(33,34)35/h1-6,22-23H. The van der Waals surface area contributed by atoms with Crippen LogP contribution in [0.5, 0.6) is 17.2 Å². The molecule has 0 unspecified atom stereocenters. The van der Waals surface area contributed by atoms with Crippen molar-refractivity contribution in [2.75, 3.05) is 0 Å². The zero-order valence-corrected chi connectivity index (χ0v) is 25.7. The number of hydrogen-bond acceptors (Lipinski definition) is 12. The molecule has 0 radical (unpaired) electrons. The largest absolute Gasteiger partial charge is 0.534 e. The highest BCUT2D eigenvalue weighted by Gasteiger charge is 2.55. The van der Waals surface area contributed by atoms with E-state index in [1.165, 1.54) is 6.07 Å². The van der Waals surface area contributed by atoms with Gasteiger partial charge in [-0.1, -0.05) is 0 Å². The Hall–Kier alpha value is -5.25. The van der Waals surface area contributed by atoms with Crippen LogP contribution < -0.4 is 12.5 Å². The van der Waals surface area contributed by atoms with E-state index in [9.17, 15) is 80.6 Å². The Morgan fingerprint density at radius 3 is 0.860 bits per heavy atom. The average molecular weight is 774 g/mol. The summed E-state index contributed by atoms with van der Waals surface area (Å²) in [5.41, 5.74) is -25.1. The maximum atomic E-state index is 13.4. The summed E-state index contributed by atoms with van der Waals surface area (Å²) in [7, 11) is -19.8. The SMILES string of the molecule is N#Cc1ccc(OS(=O)(=O)C(F)(F)F)c2c1C1c3c(OS(=O)(=O)C(F)(F)F)ccc(C#N)c3C2c2c(C#N)ccc(OS(=O)(=O)C(F)(F)F)c21. The zero-order valence-electron chi connectivity index (χ0n) is 23.3. The van der Waals surface area contributed by atoms with Gasteiger partial charge in [0, 0.05) is 28.5 Å². The molecule has 262 valence electrons. The van der Waals surface area contributed by atoms with Crippen molar-refractivity contribution in [2.24, 2.45) is 0 Å². The molecule has 3 aromatic carbocycles. The smallest absolute Gasteiger partial charge is 0.376 e. The summed E-state index contributed by atoms with van der Waals surface area (Å²) in [5.74, 6) is -8.41. The lowest BCUT2D eigenvalue weighted by molar-refractivity contribution is -0.0505. The van der Waals surface area contributed by atoms with Crippen LogP contribution in [0.2, 0.25) is 0 Å². The molecule has 0 heterocycles. The van der Waals surface area contributed by atoms with Crippen LogP contribution in [0.15, 0.2) is 36.4 Å². The predicted octanol–water partition coefficient (Wildman–Crippen LogP) is 4.97. The molecule has 0 aromatic heterocycles. The van der Waals surface area contributed by atoms with Gasteiger partial charge in [0.05, 0.1) is 34.9 Å². The number of nitrogens with zero attached hydrogens (tertiary/aromatic N) is 3. The van der Waals surface area contributed by atoms with Gasteiger partial charge in [0.25, 0.3) is 0 Å². The van der Waals surface area contributed by atoms with Crippen molar-refractivity contribution >= 4 is 30.4 Å². The van der Waals surface area contributed by atoms with Gasteiger partial charge in [0.15, 0.2) is 0 Å². The summed E-state index contributed by atoms with van der Waals surface area (Å²) in [6.07, 6.45) is 0. The summed E-state index contributed by atoms with van der Waals surface area (Å²) in [6.45, 7) is 0. The minimum atomic E-state index is -6.62. The van der Waals surface area contributed by atoms with E-state index in [4.69, 9.17) is 0 Å². The maximum absolute atomic E-state index is 13.4. The second kappa shape index (κ2) is 11.1. The Balaban J connectivity index is 2.01. The third kappa shape index (κ3) is 5.37. The first-order valence-electron chi connectivity index (χ1n) is 12.6. The van der Waals surface area contributed by atoms with Gasteiger partial charge in [-0.2, -0.15) is 80.6 Å². The Labute approximate surface area is 273 Å². The van der Waals surface area contributed by atoms with Crippen LogP contribution in [0.1, 0.15) is 61.9 Å². The summed E-state index contributed by atoms with van der Waals surface area (Å²) in [5, 5.41) is 29.8. The number of hydrogen-bond donors (Lipinski definition) is 0. The Kier molecular flexibility index (Phi) is 8.02. The van der Waals surface area contributed by atoms with Gasteiger partial charge in [-0.3, -0.25) is 0 Å². The van der Waals surface area contributed by atoms with Gasteiger partial charge >= 0.3 is 46.9 Å². The van der Waals surface area contributed by atoms with E-state index in [1.807, 2.05) is 0 Å². The molecule has 2 bridgehead atoms. The molecule has 0 aliphatic heterocycles. The molecular formula is C26H8F9N3O9S3. The Bertz CT molecular complexity index is 2360. The highest BCUT2D eigenvalue weighted by atomic mass is 32.2. The monoisotopic (exact) mass is 773 g/mol. The van der Waals surface area contributed by atoms with Gasteiger partial charge in [0.1, 0.15) is 17.2 Å². The fraction of sp³-hybridized carbons (Fsp3) is 0.192. The maximum Gasteiger partial charge on any atom is 0.534 e. The first-order valence-corrected chi connectivity index (χ1v) is 16.8. The van der Waals surface area contributed by atoms with Crippen molar-refractivity contribution in [1.82, 2.24) is 0 Å². The number of alkyl halides is 9. The highest BCUT2D eigenvalue weighted by molar-refractivity contribution is 7.88. The third-order valence-electron chi connectivity index (χ3n) is 7.28. The number of nitriles is 3. The molecule has 50 heavy (non-hydrogen) atoms. The van der Waals surface area contributed by atoms with Crippen molar-refractivity contribution in [3.63, 3.8) is 0 Å². The summed E-state index contributed by atoms with van der Waals surface area (Å²) in [4.78, 5) is 0. The van der Waals surface area contributed by atoms with E-state index in [-0.39, 0.29) is 0 Å².